The minimum atomic E-state index is -0.132. The van der Waals surface area contributed by atoms with Gasteiger partial charge in [0.1, 0.15) is 5.69 Å². The molecule has 0 saturated carbocycles. The van der Waals surface area contributed by atoms with Crippen molar-refractivity contribution in [1.29, 1.82) is 0 Å². The summed E-state index contributed by atoms with van der Waals surface area (Å²) >= 11 is 0. The van der Waals surface area contributed by atoms with Gasteiger partial charge in [0.05, 0.1) is 12.4 Å². The average Bonchev–Trinajstić information content (AvgIpc) is 3.34. The van der Waals surface area contributed by atoms with Crippen LogP contribution in [0.3, 0.4) is 0 Å². The Kier molecular flexibility index (Phi) is 4.19. The molecule has 3 aromatic rings. The molecule has 9 nitrogen and oxygen atoms in total. The van der Waals surface area contributed by atoms with Crippen molar-refractivity contribution in [2.75, 3.05) is 13.1 Å². The molecule has 0 spiro atoms. The molecule has 1 fully saturated rings. The van der Waals surface area contributed by atoms with E-state index in [0.717, 1.165) is 12.8 Å². The Hall–Kier alpha value is -3.10. The van der Waals surface area contributed by atoms with Gasteiger partial charge in [-0.1, -0.05) is 10.3 Å². The quantitative estimate of drug-likeness (QED) is 0.704. The molecule has 0 aromatic carbocycles. The van der Waals surface area contributed by atoms with Crippen LogP contribution >= 0.6 is 0 Å². The summed E-state index contributed by atoms with van der Waals surface area (Å²) in [6, 6.07) is 1.58. The third-order valence-corrected chi connectivity index (χ3v) is 4.18. The van der Waals surface area contributed by atoms with Crippen LogP contribution in [0.15, 0.2) is 39.9 Å². The molecule has 1 aliphatic heterocycles. The molecule has 0 bridgehead atoms. The first-order valence-corrected chi connectivity index (χ1v) is 8.08. The number of aromatic nitrogens is 5. The lowest BCUT2D eigenvalue weighted by Crippen LogP contribution is -2.40. The Balaban J connectivity index is 1.41. The van der Waals surface area contributed by atoms with Gasteiger partial charge in [0.25, 0.3) is 5.91 Å². The van der Waals surface area contributed by atoms with E-state index in [2.05, 4.69) is 25.3 Å². The Morgan fingerprint density at radius 3 is 3.04 bits per heavy atom. The summed E-state index contributed by atoms with van der Waals surface area (Å²) in [4.78, 5) is 26.7. The third kappa shape index (κ3) is 3.39. The summed E-state index contributed by atoms with van der Waals surface area (Å²) in [6.07, 6.45) is 8.78. The van der Waals surface area contributed by atoms with Crippen LogP contribution in [0.5, 0.6) is 0 Å². The van der Waals surface area contributed by atoms with Crippen molar-refractivity contribution in [3.63, 3.8) is 0 Å². The van der Waals surface area contributed by atoms with Gasteiger partial charge in [-0.15, -0.1) is 0 Å². The maximum absolute atomic E-state index is 12.4. The van der Waals surface area contributed by atoms with E-state index in [4.69, 9.17) is 9.05 Å². The zero-order valence-electron chi connectivity index (χ0n) is 13.4. The fourth-order valence-electron chi connectivity index (χ4n) is 3.00. The lowest BCUT2D eigenvalue weighted by molar-refractivity contribution is 0.0626. The van der Waals surface area contributed by atoms with Crippen LogP contribution < -0.4 is 0 Å². The standard InChI is InChI=1S/C16H16N6O3/c23-16(13-3-4-19-24-13)22-7-1-2-11(10-22)8-14-20-15(21-25-14)12-9-17-5-6-18-12/h3-6,9,11H,1-2,7-8,10H2/t11-/m1/s1. The minimum absolute atomic E-state index is 0.132. The van der Waals surface area contributed by atoms with E-state index in [1.165, 1.54) is 6.20 Å². The minimum Gasteiger partial charge on any atom is -0.351 e. The highest BCUT2D eigenvalue weighted by Gasteiger charge is 2.27. The zero-order valence-corrected chi connectivity index (χ0v) is 13.4. The van der Waals surface area contributed by atoms with Gasteiger partial charge in [-0.25, -0.2) is 4.98 Å². The van der Waals surface area contributed by atoms with Gasteiger partial charge in [-0.3, -0.25) is 9.78 Å². The molecule has 9 heteroatoms. The van der Waals surface area contributed by atoms with Crippen LogP contribution in [0.25, 0.3) is 11.5 Å². The van der Waals surface area contributed by atoms with Crippen molar-refractivity contribution in [2.24, 2.45) is 5.92 Å². The van der Waals surface area contributed by atoms with Gasteiger partial charge in [0.15, 0.2) is 0 Å². The second kappa shape index (κ2) is 6.80. The Morgan fingerprint density at radius 1 is 1.28 bits per heavy atom. The molecule has 0 radical (unpaired) electrons. The molecule has 128 valence electrons. The second-order valence-electron chi connectivity index (χ2n) is 5.94. The number of piperidine rings is 1. The molecule has 0 unspecified atom stereocenters. The molecule has 1 amide bonds. The van der Waals surface area contributed by atoms with Crippen molar-refractivity contribution in [1.82, 2.24) is 30.2 Å². The van der Waals surface area contributed by atoms with Crippen LogP contribution in [0.1, 0.15) is 29.3 Å². The van der Waals surface area contributed by atoms with Crippen molar-refractivity contribution in [3.8, 4) is 11.5 Å². The van der Waals surface area contributed by atoms with Gasteiger partial charge in [-0.05, 0) is 18.8 Å². The lowest BCUT2D eigenvalue weighted by Gasteiger charge is -2.31. The average molecular weight is 340 g/mol. The molecular weight excluding hydrogens is 324 g/mol. The van der Waals surface area contributed by atoms with Gasteiger partial charge >= 0.3 is 0 Å². The topological polar surface area (TPSA) is 111 Å². The number of amides is 1. The molecule has 1 aliphatic rings. The molecule has 4 heterocycles. The van der Waals surface area contributed by atoms with E-state index < -0.39 is 0 Å². The molecule has 1 atom stereocenters. The molecule has 1 saturated heterocycles. The van der Waals surface area contributed by atoms with Crippen molar-refractivity contribution >= 4 is 5.91 Å². The van der Waals surface area contributed by atoms with E-state index in [0.29, 0.717) is 36.9 Å². The number of hydrogen-bond donors (Lipinski definition) is 0. The summed E-state index contributed by atoms with van der Waals surface area (Å²) in [5, 5.41) is 7.54. The maximum Gasteiger partial charge on any atom is 0.292 e. The third-order valence-electron chi connectivity index (χ3n) is 4.18. The highest BCUT2D eigenvalue weighted by molar-refractivity contribution is 5.91. The number of carbonyl (C=O) groups excluding carboxylic acids is 1. The van der Waals surface area contributed by atoms with E-state index in [1.807, 2.05) is 0 Å². The lowest BCUT2D eigenvalue weighted by atomic mass is 9.94. The number of likely N-dealkylation sites (tertiary alicyclic amines) is 1. The van der Waals surface area contributed by atoms with E-state index in [-0.39, 0.29) is 17.6 Å². The van der Waals surface area contributed by atoms with Crippen LogP contribution in [0, 0.1) is 5.92 Å². The highest BCUT2D eigenvalue weighted by Crippen LogP contribution is 2.22. The van der Waals surface area contributed by atoms with Crippen molar-refractivity contribution in [2.45, 2.75) is 19.3 Å². The molecule has 3 aromatic heterocycles. The van der Waals surface area contributed by atoms with Gasteiger partial charge in [-0.2, -0.15) is 4.98 Å². The van der Waals surface area contributed by atoms with E-state index >= 15 is 0 Å². The Labute approximate surface area is 143 Å². The van der Waals surface area contributed by atoms with Gasteiger partial charge < -0.3 is 13.9 Å². The SMILES string of the molecule is O=C(c1ccno1)N1CCC[C@H](Cc2nc(-c3cnccn3)no2)C1. The molecule has 4 rings (SSSR count). The molecule has 0 N–H and O–H groups in total. The fourth-order valence-corrected chi connectivity index (χ4v) is 3.00. The Bertz CT molecular complexity index is 833. The number of carbonyl (C=O) groups is 1. The first kappa shape index (κ1) is 15.4. The zero-order chi connectivity index (χ0) is 17.1. The monoisotopic (exact) mass is 340 g/mol. The van der Waals surface area contributed by atoms with Gasteiger partial charge in [0.2, 0.25) is 17.5 Å². The first-order chi connectivity index (χ1) is 12.3. The fraction of sp³-hybridized carbons (Fsp3) is 0.375. The molecule has 0 aliphatic carbocycles. The highest BCUT2D eigenvalue weighted by atomic mass is 16.5. The summed E-state index contributed by atoms with van der Waals surface area (Å²) in [5.41, 5.74) is 0.572. The van der Waals surface area contributed by atoms with Crippen LogP contribution in [-0.2, 0) is 6.42 Å². The van der Waals surface area contributed by atoms with Crippen molar-refractivity contribution in [3.05, 3.63) is 42.5 Å². The normalized spacial score (nSPS) is 17.6. The predicted molar refractivity (Wildman–Crippen MR) is 84.2 cm³/mol. The Morgan fingerprint density at radius 2 is 2.24 bits per heavy atom. The second-order valence-corrected chi connectivity index (χ2v) is 5.94. The van der Waals surface area contributed by atoms with Crippen molar-refractivity contribution < 1.29 is 13.8 Å². The van der Waals surface area contributed by atoms with Crippen LogP contribution in [-0.4, -0.2) is 49.2 Å². The van der Waals surface area contributed by atoms with Crippen LogP contribution in [0.4, 0.5) is 0 Å². The summed E-state index contributed by atoms with van der Waals surface area (Å²) in [5.74, 6) is 1.36. The molecule has 25 heavy (non-hydrogen) atoms. The number of hydrogen-bond acceptors (Lipinski definition) is 8. The summed E-state index contributed by atoms with van der Waals surface area (Å²) < 4.78 is 10.3. The van der Waals surface area contributed by atoms with E-state index in [9.17, 15) is 4.79 Å². The number of rotatable bonds is 4. The van der Waals surface area contributed by atoms with E-state index in [1.54, 1.807) is 29.6 Å². The van der Waals surface area contributed by atoms with Gasteiger partial charge in [0, 0.05) is 38.0 Å². The maximum atomic E-state index is 12.4. The first-order valence-electron chi connectivity index (χ1n) is 8.08. The smallest absolute Gasteiger partial charge is 0.292 e. The summed E-state index contributed by atoms with van der Waals surface area (Å²) in [6.45, 7) is 1.34. The largest absolute Gasteiger partial charge is 0.351 e. The molecular formula is C16H16N6O3. The van der Waals surface area contributed by atoms with Crippen LogP contribution in [0.2, 0.25) is 0 Å². The predicted octanol–water partition coefficient (Wildman–Crippen LogP) is 1.61. The summed E-state index contributed by atoms with van der Waals surface area (Å²) in [7, 11) is 0. The number of nitrogens with zero attached hydrogens (tertiary/aromatic N) is 6.